The lowest BCUT2D eigenvalue weighted by Crippen LogP contribution is -2.18. The summed E-state index contributed by atoms with van der Waals surface area (Å²) in [5, 5.41) is 7.42. The predicted octanol–water partition coefficient (Wildman–Crippen LogP) is 1.65. The van der Waals surface area contributed by atoms with Crippen molar-refractivity contribution >= 4 is 22.6 Å². The van der Waals surface area contributed by atoms with Gasteiger partial charge in [0.1, 0.15) is 0 Å². The van der Waals surface area contributed by atoms with Crippen LogP contribution in [0.1, 0.15) is 6.92 Å². The van der Waals surface area contributed by atoms with Crippen molar-refractivity contribution in [3.8, 4) is 0 Å². The smallest absolute Gasteiger partial charge is 0.0629 e. The summed E-state index contributed by atoms with van der Waals surface area (Å²) in [6.07, 6.45) is 3.86. The van der Waals surface area contributed by atoms with E-state index in [9.17, 15) is 0 Å². The molecule has 0 bridgehead atoms. The van der Waals surface area contributed by atoms with Crippen molar-refractivity contribution in [2.75, 3.05) is 13.1 Å². The second kappa shape index (κ2) is 5.39. The molecule has 0 fully saturated rings. The third-order valence-corrected chi connectivity index (χ3v) is 2.17. The molecule has 0 unspecified atom stereocenters. The highest BCUT2D eigenvalue weighted by atomic mass is 127. The predicted molar refractivity (Wildman–Crippen MR) is 62.6 cm³/mol. The van der Waals surface area contributed by atoms with E-state index in [1.165, 1.54) is 0 Å². The van der Waals surface area contributed by atoms with Gasteiger partial charge in [-0.3, -0.25) is 4.68 Å². The van der Waals surface area contributed by atoms with Gasteiger partial charge >= 0.3 is 0 Å². The van der Waals surface area contributed by atoms with Crippen molar-refractivity contribution in [1.29, 1.82) is 0 Å². The molecule has 0 aliphatic carbocycles. The molecule has 1 rings (SSSR count). The average Bonchev–Trinajstić information content (AvgIpc) is 2.48. The van der Waals surface area contributed by atoms with E-state index in [-0.39, 0.29) is 0 Å². The zero-order valence-corrected chi connectivity index (χ0v) is 9.91. The van der Waals surface area contributed by atoms with E-state index < -0.39 is 0 Å². The Morgan fingerprint density at radius 1 is 1.77 bits per heavy atom. The molecule has 0 saturated carbocycles. The Morgan fingerprint density at radius 3 is 3.08 bits per heavy atom. The van der Waals surface area contributed by atoms with Crippen LogP contribution in [0.5, 0.6) is 0 Å². The van der Waals surface area contributed by atoms with Crippen molar-refractivity contribution in [2.45, 2.75) is 13.5 Å². The lowest BCUT2D eigenvalue weighted by atomic mass is 10.3. The van der Waals surface area contributed by atoms with Crippen LogP contribution in [0.2, 0.25) is 0 Å². The molecule has 0 aliphatic rings. The number of hydrogen-bond acceptors (Lipinski definition) is 2. The first-order chi connectivity index (χ1) is 6.22. The summed E-state index contributed by atoms with van der Waals surface area (Å²) < 4.78 is 3.07. The minimum absolute atomic E-state index is 0.802. The number of aromatic nitrogens is 2. The molecule has 1 aromatic rings. The molecule has 72 valence electrons. The van der Waals surface area contributed by atoms with Crippen LogP contribution < -0.4 is 5.32 Å². The maximum atomic E-state index is 4.18. The molecule has 13 heavy (non-hydrogen) atoms. The van der Waals surface area contributed by atoms with Gasteiger partial charge in [0.15, 0.2) is 0 Å². The molecule has 1 N–H and O–H groups in total. The molecule has 4 heteroatoms. The van der Waals surface area contributed by atoms with E-state index in [1.54, 1.807) is 0 Å². The van der Waals surface area contributed by atoms with E-state index in [4.69, 9.17) is 0 Å². The highest BCUT2D eigenvalue weighted by Gasteiger charge is 1.97. The van der Waals surface area contributed by atoms with Crippen LogP contribution in [0.15, 0.2) is 24.5 Å². The van der Waals surface area contributed by atoms with Crippen molar-refractivity contribution in [3.63, 3.8) is 0 Å². The highest BCUT2D eigenvalue weighted by Crippen LogP contribution is 2.02. The number of halogens is 1. The molecule has 0 aliphatic heterocycles. The Morgan fingerprint density at radius 2 is 2.54 bits per heavy atom. The lowest BCUT2D eigenvalue weighted by molar-refractivity contribution is 0.645. The van der Waals surface area contributed by atoms with Crippen LogP contribution in [-0.2, 0) is 6.54 Å². The number of likely N-dealkylation sites (N-methyl/N-ethyl adjacent to an activating group) is 1. The van der Waals surface area contributed by atoms with Crippen LogP contribution in [0.25, 0.3) is 0 Å². The molecule has 1 aromatic heterocycles. The molecular weight excluding hydrogens is 277 g/mol. The van der Waals surface area contributed by atoms with E-state index in [0.717, 1.165) is 28.8 Å². The van der Waals surface area contributed by atoms with Gasteiger partial charge in [-0.25, -0.2) is 0 Å². The quantitative estimate of drug-likeness (QED) is 0.660. The Balaban J connectivity index is 2.36. The fraction of sp³-hybridized carbons (Fsp3) is 0.444. The van der Waals surface area contributed by atoms with E-state index in [2.05, 4.69) is 46.5 Å². The first-order valence-corrected chi connectivity index (χ1v) is 5.35. The summed E-state index contributed by atoms with van der Waals surface area (Å²) >= 11 is 2.25. The largest absolute Gasteiger partial charge is 0.313 e. The fourth-order valence-electron chi connectivity index (χ4n) is 1.01. The molecule has 0 radical (unpaired) electrons. The number of nitrogens with zero attached hydrogens (tertiary/aromatic N) is 2. The van der Waals surface area contributed by atoms with Gasteiger partial charge in [0.05, 0.1) is 16.3 Å². The van der Waals surface area contributed by atoms with Gasteiger partial charge in [0.25, 0.3) is 0 Å². The minimum atomic E-state index is 0.802. The summed E-state index contributed by atoms with van der Waals surface area (Å²) in [6, 6.07) is 0. The Hall–Kier alpha value is -0.360. The second-order valence-corrected chi connectivity index (χ2v) is 4.13. The van der Waals surface area contributed by atoms with Gasteiger partial charge in [-0.1, -0.05) is 13.5 Å². The zero-order chi connectivity index (χ0) is 9.68. The normalized spacial score (nSPS) is 10.3. The number of nitrogens with one attached hydrogen (secondary N) is 1. The van der Waals surface area contributed by atoms with E-state index in [0.29, 0.717) is 0 Å². The molecular formula is C9H14IN3. The third-order valence-electron chi connectivity index (χ3n) is 1.61. The number of rotatable bonds is 5. The SMILES string of the molecule is C=C(CNCC)Cn1cc(I)cn1. The first-order valence-electron chi connectivity index (χ1n) is 4.27. The average molecular weight is 291 g/mol. The van der Waals surface area contributed by atoms with Crippen molar-refractivity contribution in [2.24, 2.45) is 0 Å². The molecule has 1 heterocycles. The Kier molecular flexibility index (Phi) is 4.44. The van der Waals surface area contributed by atoms with Gasteiger partial charge < -0.3 is 5.32 Å². The maximum absolute atomic E-state index is 4.18. The van der Waals surface area contributed by atoms with Gasteiger partial charge in [-0.15, -0.1) is 0 Å². The van der Waals surface area contributed by atoms with Crippen LogP contribution in [0.4, 0.5) is 0 Å². The molecule has 0 spiro atoms. The molecule has 0 atom stereocenters. The summed E-state index contributed by atoms with van der Waals surface area (Å²) in [5.41, 5.74) is 1.15. The maximum Gasteiger partial charge on any atom is 0.0629 e. The third kappa shape index (κ3) is 3.91. The number of hydrogen-bond donors (Lipinski definition) is 1. The topological polar surface area (TPSA) is 29.9 Å². The summed E-state index contributed by atoms with van der Waals surface area (Å²) in [6.45, 7) is 8.71. The summed E-state index contributed by atoms with van der Waals surface area (Å²) in [7, 11) is 0. The van der Waals surface area contributed by atoms with Crippen LogP contribution in [-0.4, -0.2) is 22.9 Å². The van der Waals surface area contributed by atoms with Crippen molar-refractivity contribution < 1.29 is 0 Å². The molecule has 0 saturated heterocycles. The van der Waals surface area contributed by atoms with E-state index >= 15 is 0 Å². The standard InChI is InChI=1S/C9H14IN3/c1-3-11-4-8(2)6-13-7-9(10)5-12-13/h5,7,11H,2-4,6H2,1H3. The van der Waals surface area contributed by atoms with Crippen LogP contribution >= 0.6 is 22.6 Å². The summed E-state index contributed by atoms with van der Waals surface area (Å²) in [4.78, 5) is 0. The van der Waals surface area contributed by atoms with Gasteiger partial charge in [-0.2, -0.15) is 5.10 Å². The van der Waals surface area contributed by atoms with Gasteiger partial charge in [0.2, 0.25) is 0 Å². The van der Waals surface area contributed by atoms with Gasteiger partial charge in [0, 0.05) is 12.7 Å². The minimum Gasteiger partial charge on any atom is -0.313 e. The molecule has 3 nitrogen and oxygen atoms in total. The first kappa shape index (κ1) is 10.7. The van der Waals surface area contributed by atoms with Gasteiger partial charge in [-0.05, 0) is 34.7 Å². The highest BCUT2D eigenvalue weighted by molar-refractivity contribution is 14.1. The monoisotopic (exact) mass is 291 g/mol. The lowest BCUT2D eigenvalue weighted by Gasteiger charge is -2.05. The second-order valence-electron chi connectivity index (χ2n) is 2.89. The van der Waals surface area contributed by atoms with Crippen LogP contribution in [0.3, 0.4) is 0 Å². The van der Waals surface area contributed by atoms with Crippen molar-refractivity contribution in [1.82, 2.24) is 15.1 Å². The van der Waals surface area contributed by atoms with Crippen LogP contribution in [0, 0.1) is 3.57 Å². The Labute approximate surface area is 92.4 Å². The summed E-state index contributed by atoms with van der Waals surface area (Å²) in [5.74, 6) is 0. The molecule has 0 aromatic carbocycles. The molecule has 0 amide bonds. The van der Waals surface area contributed by atoms with Crippen molar-refractivity contribution in [3.05, 3.63) is 28.1 Å². The fourth-order valence-corrected chi connectivity index (χ4v) is 1.46. The Bertz CT molecular complexity index is 280. The van der Waals surface area contributed by atoms with E-state index in [1.807, 2.05) is 17.1 Å². The zero-order valence-electron chi connectivity index (χ0n) is 7.76.